The van der Waals surface area contributed by atoms with Crippen molar-refractivity contribution in [2.24, 2.45) is 0 Å². The summed E-state index contributed by atoms with van der Waals surface area (Å²) in [5, 5.41) is 13.1. The minimum atomic E-state index is -0.299. The third-order valence-electron chi connectivity index (χ3n) is 4.45. The Labute approximate surface area is 125 Å². The van der Waals surface area contributed by atoms with Gasteiger partial charge in [-0.3, -0.25) is 4.98 Å². The number of nitrogens with one attached hydrogen (secondary N) is 1. The molecular formula is C18H19N3. The van der Waals surface area contributed by atoms with Crippen LogP contribution in [0.5, 0.6) is 0 Å². The van der Waals surface area contributed by atoms with Gasteiger partial charge in [0.05, 0.1) is 11.5 Å². The van der Waals surface area contributed by atoms with Crippen LogP contribution in [0.25, 0.3) is 0 Å². The summed E-state index contributed by atoms with van der Waals surface area (Å²) in [6, 6.07) is 15.1. The van der Waals surface area contributed by atoms with Crippen molar-refractivity contribution in [1.82, 2.24) is 10.3 Å². The Morgan fingerprint density at radius 2 is 2.05 bits per heavy atom. The molecule has 0 radical (unpaired) electrons. The lowest BCUT2D eigenvalue weighted by molar-refractivity contribution is 0.225. The van der Waals surface area contributed by atoms with Crippen molar-refractivity contribution in [1.29, 1.82) is 5.26 Å². The fourth-order valence-corrected chi connectivity index (χ4v) is 3.03. The van der Waals surface area contributed by atoms with E-state index in [4.69, 9.17) is 0 Å². The molecule has 1 aromatic carbocycles. The number of aryl methyl sites for hydroxylation is 1. The van der Waals surface area contributed by atoms with Crippen LogP contribution >= 0.6 is 0 Å². The number of rotatable bonds is 4. The number of benzene rings is 1. The van der Waals surface area contributed by atoms with Gasteiger partial charge in [-0.1, -0.05) is 30.3 Å². The molecule has 0 unspecified atom stereocenters. The maximum absolute atomic E-state index is 9.55. The average molecular weight is 277 g/mol. The molecule has 1 aliphatic carbocycles. The summed E-state index contributed by atoms with van der Waals surface area (Å²) in [5.41, 5.74) is 3.33. The van der Waals surface area contributed by atoms with Crippen molar-refractivity contribution in [2.45, 2.75) is 37.8 Å². The molecule has 1 heterocycles. The fraction of sp³-hybridized carbons (Fsp3) is 0.333. The van der Waals surface area contributed by atoms with E-state index in [1.165, 1.54) is 11.1 Å². The molecule has 3 nitrogen and oxygen atoms in total. The Morgan fingerprint density at radius 3 is 2.71 bits per heavy atom. The second-order valence-electron chi connectivity index (χ2n) is 5.85. The highest BCUT2D eigenvalue weighted by molar-refractivity contribution is 5.37. The van der Waals surface area contributed by atoms with E-state index < -0.39 is 0 Å². The largest absolute Gasteiger partial charge is 0.310 e. The quantitative estimate of drug-likeness (QED) is 0.934. The monoisotopic (exact) mass is 277 g/mol. The summed E-state index contributed by atoms with van der Waals surface area (Å²) >= 11 is 0. The second kappa shape index (κ2) is 5.67. The third-order valence-corrected chi connectivity index (χ3v) is 4.45. The molecular weight excluding hydrogens is 258 g/mol. The molecule has 1 fully saturated rings. The van der Waals surface area contributed by atoms with E-state index in [1.54, 1.807) is 0 Å². The zero-order chi connectivity index (χ0) is 14.7. The predicted octanol–water partition coefficient (Wildman–Crippen LogP) is 3.10. The van der Waals surface area contributed by atoms with Crippen molar-refractivity contribution in [3.63, 3.8) is 0 Å². The number of hydrogen-bond donors (Lipinski definition) is 1. The lowest BCUT2D eigenvalue weighted by Gasteiger charge is -2.43. The first-order valence-electron chi connectivity index (χ1n) is 7.33. The highest BCUT2D eigenvalue weighted by Crippen LogP contribution is 2.43. The normalized spacial score (nSPS) is 24.1. The van der Waals surface area contributed by atoms with E-state index in [2.05, 4.69) is 41.5 Å². The van der Waals surface area contributed by atoms with Crippen molar-refractivity contribution in [3.8, 4) is 6.07 Å². The van der Waals surface area contributed by atoms with Gasteiger partial charge >= 0.3 is 0 Å². The zero-order valence-corrected chi connectivity index (χ0v) is 12.2. The fourth-order valence-electron chi connectivity index (χ4n) is 3.03. The van der Waals surface area contributed by atoms with Gasteiger partial charge in [-0.25, -0.2) is 0 Å². The van der Waals surface area contributed by atoms with Gasteiger partial charge in [0, 0.05) is 25.0 Å². The lowest BCUT2D eigenvalue weighted by atomic mass is 9.62. The van der Waals surface area contributed by atoms with Crippen molar-refractivity contribution in [2.75, 3.05) is 0 Å². The van der Waals surface area contributed by atoms with E-state index >= 15 is 0 Å². The van der Waals surface area contributed by atoms with Gasteiger partial charge in [0.1, 0.15) is 0 Å². The van der Waals surface area contributed by atoms with Crippen LogP contribution in [0.3, 0.4) is 0 Å². The van der Waals surface area contributed by atoms with Crippen LogP contribution in [0, 0.1) is 18.3 Å². The Balaban J connectivity index is 1.61. The molecule has 0 aliphatic heterocycles. The van der Waals surface area contributed by atoms with Crippen LogP contribution in [-0.2, 0) is 12.0 Å². The van der Waals surface area contributed by atoms with Crippen molar-refractivity contribution < 1.29 is 0 Å². The molecule has 2 aromatic rings. The molecule has 1 saturated carbocycles. The van der Waals surface area contributed by atoms with Gasteiger partial charge in [-0.05, 0) is 42.5 Å². The molecule has 0 spiro atoms. The van der Waals surface area contributed by atoms with Crippen molar-refractivity contribution in [3.05, 3.63) is 65.5 Å². The Hall–Kier alpha value is -2.18. The van der Waals surface area contributed by atoms with Gasteiger partial charge in [0.25, 0.3) is 0 Å². The van der Waals surface area contributed by atoms with Crippen LogP contribution < -0.4 is 5.32 Å². The maximum Gasteiger partial charge on any atom is 0.0852 e. The van der Waals surface area contributed by atoms with Gasteiger partial charge < -0.3 is 5.32 Å². The first kappa shape index (κ1) is 13.8. The number of nitriles is 1. The summed E-state index contributed by atoms with van der Waals surface area (Å²) < 4.78 is 0. The minimum absolute atomic E-state index is 0.299. The molecule has 0 saturated heterocycles. The smallest absolute Gasteiger partial charge is 0.0852 e. The first-order chi connectivity index (χ1) is 10.2. The van der Waals surface area contributed by atoms with Gasteiger partial charge in [-0.15, -0.1) is 0 Å². The third kappa shape index (κ3) is 2.68. The van der Waals surface area contributed by atoms with E-state index in [0.717, 1.165) is 24.9 Å². The summed E-state index contributed by atoms with van der Waals surface area (Å²) in [5.74, 6) is 0. The molecule has 1 aliphatic rings. The van der Waals surface area contributed by atoms with E-state index in [0.29, 0.717) is 6.04 Å². The van der Waals surface area contributed by atoms with Crippen LogP contribution in [0.2, 0.25) is 0 Å². The molecule has 1 N–H and O–H groups in total. The molecule has 1 aromatic heterocycles. The standard InChI is InChI=1S/C18H19N3/c1-14-11-20-8-7-15(14)12-21-17-9-18(10-17,13-19)16-5-3-2-4-6-16/h2-8,11,17,21H,9-10,12H2,1H3. The first-order valence-corrected chi connectivity index (χ1v) is 7.33. The second-order valence-corrected chi connectivity index (χ2v) is 5.85. The van der Waals surface area contributed by atoms with Crippen LogP contribution in [-0.4, -0.2) is 11.0 Å². The minimum Gasteiger partial charge on any atom is -0.310 e. The highest BCUT2D eigenvalue weighted by atomic mass is 14.9. The molecule has 3 rings (SSSR count). The Kier molecular flexibility index (Phi) is 3.72. The molecule has 106 valence electrons. The van der Waals surface area contributed by atoms with Crippen LogP contribution in [0.4, 0.5) is 0 Å². The van der Waals surface area contributed by atoms with Gasteiger partial charge in [0.2, 0.25) is 0 Å². The van der Waals surface area contributed by atoms with E-state index in [9.17, 15) is 5.26 Å². The SMILES string of the molecule is Cc1cnccc1CNC1CC(C#N)(c2ccccc2)C1. The van der Waals surface area contributed by atoms with Crippen LogP contribution in [0.1, 0.15) is 29.5 Å². The molecule has 21 heavy (non-hydrogen) atoms. The summed E-state index contributed by atoms with van der Waals surface area (Å²) in [6.45, 7) is 2.92. The number of hydrogen-bond acceptors (Lipinski definition) is 3. The summed E-state index contributed by atoms with van der Waals surface area (Å²) in [6.07, 6.45) is 5.49. The molecule has 0 atom stereocenters. The summed E-state index contributed by atoms with van der Waals surface area (Å²) in [7, 11) is 0. The van der Waals surface area contributed by atoms with Gasteiger partial charge in [0.15, 0.2) is 0 Å². The van der Waals surface area contributed by atoms with Crippen LogP contribution in [0.15, 0.2) is 48.8 Å². The number of aromatic nitrogens is 1. The molecule has 3 heteroatoms. The summed E-state index contributed by atoms with van der Waals surface area (Å²) in [4.78, 5) is 4.11. The molecule has 0 amide bonds. The average Bonchev–Trinajstić information content (AvgIpc) is 2.49. The van der Waals surface area contributed by atoms with E-state index in [1.807, 2.05) is 30.6 Å². The molecule has 0 bridgehead atoms. The number of pyridine rings is 1. The van der Waals surface area contributed by atoms with E-state index in [-0.39, 0.29) is 5.41 Å². The number of nitrogens with zero attached hydrogens (tertiary/aromatic N) is 2. The maximum atomic E-state index is 9.55. The Morgan fingerprint density at radius 1 is 1.29 bits per heavy atom. The zero-order valence-electron chi connectivity index (χ0n) is 12.2. The van der Waals surface area contributed by atoms with Crippen molar-refractivity contribution >= 4 is 0 Å². The highest BCUT2D eigenvalue weighted by Gasteiger charge is 2.45. The topological polar surface area (TPSA) is 48.7 Å². The predicted molar refractivity (Wildman–Crippen MR) is 82.6 cm³/mol. The Bertz CT molecular complexity index is 652. The lowest BCUT2D eigenvalue weighted by Crippen LogP contribution is -2.50. The van der Waals surface area contributed by atoms with Gasteiger partial charge in [-0.2, -0.15) is 5.26 Å².